The molecule has 0 aromatic carbocycles. The summed E-state index contributed by atoms with van der Waals surface area (Å²) in [5, 5.41) is 3.40. The first kappa shape index (κ1) is 14.6. The van der Waals surface area contributed by atoms with Crippen LogP contribution in [0.25, 0.3) is 0 Å². The highest BCUT2D eigenvalue weighted by molar-refractivity contribution is 7.16. The number of amides is 1. The number of hydrogen-bond donors (Lipinski definition) is 1. The molecule has 1 N–H and O–H groups in total. The summed E-state index contributed by atoms with van der Waals surface area (Å²) in [6, 6.07) is 4.26. The van der Waals surface area contributed by atoms with Crippen LogP contribution in [-0.2, 0) is 11.3 Å². The summed E-state index contributed by atoms with van der Waals surface area (Å²) in [5.41, 5.74) is -0.427. The molecule has 1 aliphatic rings. The zero-order valence-corrected chi connectivity index (χ0v) is 13.0. The Morgan fingerprint density at radius 1 is 1.53 bits per heavy atom. The molecule has 1 saturated heterocycles. The van der Waals surface area contributed by atoms with Crippen LogP contribution in [-0.4, -0.2) is 35.7 Å². The SMILES string of the molecule is CC(C)(C)OC(=O)N1CC(NCc2ccc(Cl)s2)C1. The maximum Gasteiger partial charge on any atom is 0.410 e. The molecule has 1 aromatic heterocycles. The number of nitrogens with one attached hydrogen (secondary N) is 1. The average molecular weight is 303 g/mol. The molecule has 19 heavy (non-hydrogen) atoms. The van der Waals surface area contributed by atoms with Crippen LogP contribution in [0.15, 0.2) is 12.1 Å². The van der Waals surface area contributed by atoms with Crippen molar-refractivity contribution in [3.63, 3.8) is 0 Å². The first-order valence-electron chi connectivity index (χ1n) is 6.29. The molecule has 2 heterocycles. The fourth-order valence-electron chi connectivity index (χ4n) is 1.77. The zero-order valence-electron chi connectivity index (χ0n) is 11.4. The van der Waals surface area contributed by atoms with Crippen molar-refractivity contribution in [1.82, 2.24) is 10.2 Å². The minimum atomic E-state index is -0.427. The second kappa shape index (κ2) is 5.69. The highest BCUT2D eigenvalue weighted by Gasteiger charge is 2.33. The maximum atomic E-state index is 11.7. The van der Waals surface area contributed by atoms with E-state index in [-0.39, 0.29) is 6.09 Å². The van der Waals surface area contributed by atoms with Gasteiger partial charge < -0.3 is 15.0 Å². The molecule has 6 heteroatoms. The van der Waals surface area contributed by atoms with E-state index in [4.69, 9.17) is 16.3 Å². The minimum absolute atomic E-state index is 0.232. The molecule has 0 aliphatic carbocycles. The first-order chi connectivity index (χ1) is 8.83. The summed E-state index contributed by atoms with van der Waals surface area (Å²) >= 11 is 7.45. The largest absolute Gasteiger partial charge is 0.444 e. The van der Waals surface area contributed by atoms with Crippen molar-refractivity contribution in [2.75, 3.05) is 13.1 Å². The Balaban J connectivity index is 1.67. The molecule has 0 radical (unpaired) electrons. The lowest BCUT2D eigenvalue weighted by atomic mass is 10.1. The van der Waals surface area contributed by atoms with E-state index in [1.54, 1.807) is 16.2 Å². The van der Waals surface area contributed by atoms with E-state index in [0.717, 1.165) is 10.9 Å². The molecule has 1 aliphatic heterocycles. The number of carbonyl (C=O) groups is 1. The van der Waals surface area contributed by atoms with Crippen LogP contribution in [0.5, 0.6) is 0 Å². The Morgan fingerprint density at radius 3 is 2.74 bits per heavy atom. The number of thiophene rings is 1. The number of nitrogens with zero attached hydrogens (tertiary/aromatic N) is 1. The molecule has 0 saturated carbocycles. The summed E-state index contributed by atoms with van der Waals surface area (Å²) in [6.45, 7) is 7.83. The van der Waals surface area contributed by atoms with Crippen molar-refractivity contribution in [2.45, 2.75) is 39.0 Å². The van der Waals surface area contributed by atoms with E-state index in [1.165, 1.54) is 4.88 Å². The van der Waals surface area contributed by atoms with Crippen LogP contribution in [0.3, 0.4) is 0 Å². The first-order valence-corrected chi connectivity index (χ1v) is 7.48. The lowest BCUT2D eigenvalue weighted by Crippen LogP contribution is -2.60. The number of halogens is 1. The van der Waals surface area contributed by atoms with Crippen molar-refractivity contribution in [2.24, 2.45) is 0 Å². The third kappa shape index (κ3) is 4.37. The van der Waals surface area contributed by atoms with Crippen molar-refractivity contribution in [1.29, 1.82) is 0 Å². The number of carbonyl (C=O) groups excluding carboxylic acids is 1. The topological polar surface area (TPSA) is 41.6 Å². The van der Waals surface area contributed by atoms with Gasteiger partial charge in [-0.2, -0.15) is 0 Å². The molecule has 1 amide bonds. The van der Waals surface area contributed by atoms with Gasteiger partial charge in [-0.05, 0) is 32.9 Å². The molecule has 1 fully saturated rings. The quantitative estimate of drug-likeness (QED) is 0.933. The molecular weight excluding hydrogens is 284 g/mol. The second-order valence-corrected chi connectivity index (χ2v) is 7.47. The van der Waals surface area contributed by atoms with Crippen LogP contribution < -0.4 is 5.32 Å². The van der Waals surface area contributed by atoms with Gasteiger partial charge in [0.2, 0.25) is 0 Å². The number of hydrogen-bond acceptors (Lipinski definition) is 4. The zero-order chi connectivity index (χ0) is 14.0. The van der Waals surface area contributed by atoms with Gasteiger partial charge in [-0.3, -0.25) is 0 Å². The van der Waals surface area contributed by atoms with Gasteiger partial charge in [0.25, 0.3) is 0 Å². The predicted octanol–water partition coefficient (Wildman–Crippen LogP) is 3.11. The van der Waals surface area contributed by atoms with Crippen LogP contribution in [0.4, 0.5) is 4.79 Å². The Kier molecular flexibility index (Phi) is 4.38. The van der Waals surface area contributed by atoms with E-state index in [2.05, 4.69) is 5.32 Å². The number of likely N-dealkylation sites (tertiary alicyclic amines) is 1. The Morgan fingerprint density at radius 2 is 2.21 bits per heavy atom. The lowest BCUT2D eigenvalue weighted by Gasteiger charge is -2.40. The summed E-state index contributed by atoms with van der Waals surface area (Å²) in [6.07, 6.45) is -0.232. The van der Waals surface area contributed by atoms with Crippen molar-refractivity contribution in [3.05, 3.63) is 21.3 Å². The molecular formula is C13H19ClN2O2S. The highest BCUT2D eigenvalue weighted by atomic mass is 35.5. The molecule has 2 rings (SSSR count). The van der Waals surface area contributed by atoms with E-state index in [1.807, 2.05) is 32.9 Å². The Hall–Kier alpha value is -0.780. The predicted molar refractivity (Wildman–Crippen MR) is 77.8 cm³/mol. The Bertz CT molecular complexity index is 450. The van der Waals surface area contributed by atoms with Gasteiger partial charge in [-0.25, -0.2) is 4.79 Å². The van der Waals surface area contributed by atoms with Gasteiger partial charge in [0.15, 0.2) is 0 Å². The molecule has 0 spiro atoms. The van der Waals surface area contributed by atoms with Gasteiger partial charge in [0.05, 0.1) is 4.34 Å². The van der Waals surface area contributed by atoms with Gasteiger partial charge in [-0.15, -0.1) is 11.3 Å². The fraction of sp³-hybridized carbons (Fsp3) is 0.615. The Labute approximate surface area is 122 Å². The molecule has 0 unspecified atom stereocenters. The number of rotatable bonds is 3. The van der Waals surface area contributed by atoms with Gasteiger partial charge >= 0.3 is 6.09 Å². The maximum absolute atomic E-state index is 11.7. The van der Waals surface area contributed by atoms with E-state index < -0.39 is 5.60 Å². The monoisotopic (exact) mass is 302 g/mol. The lowest BCUT2D eigenvalue weighted by molar-refractivity contribution is 0.00521. The van der Waals surface area contributed by atoms with Crippen LogP contribution in [0.1, 0.15) is 25.6 Å². The smallest absolute Gasteiger partial charge is 0.410 e. The third-order valence-electron chi connectivity index (χ3n) is 2.73. The van der Waals surface area contributed by atoms with Crippen LogP contribution >= 0.6 is 22.9 Å². The van der Waals surface area contributed by atoms with Gasteiger partial charge in [0, 0.05) is 30.6 Å². The summed E-state index contributed by atoms with van der Waals surface area (Å²) in [4.78, 5) is 14.6. The second-order valence-electron chi connectivity index (χ2n) is 5.67. The molecule has 0 atom stereocenters. The molecule has 106 valence electrons. The third-order valence-corrected chi connectivity index (χ3v) is 3.96. The van der Waals surface area contributed by atoms with Crippen molar-refractivity contribution in [3.8, 4) is 0 Å². The van der Waals surface area contributed by atoms with Crippen LogP contribution in [0.2, 0.25) is 4.34 Å². The number of ether oxygens (including phenoxy) is 1. The van der Waals surface area contributed by atoms with Crippen molar-refractivity contribution < 1.29 is 9.53 Å². The summed E-state index contributed by atoms with van der Waals surface area (Å²) in [7, 11) is 0. The highest BCUT2D eigenvalue weighted by Crippen LogP contribution is 2.22. The average Bonchev–Trinajstić information content (AvgIpc) is 2.59. The summed E-state index contributed by atoms with van der Waals surface area (Å²) < 4.78 is 6.11. The standard InChI is InChI=1S/C13H19ClN2O2S/c1-13(2,3)18-12(17)16-7-9(8-16)15-6-10-4-5-11(14)19-10/h4-5,9,15H,6-8H2,1-3H3. The van der Waals surface area contributed by atoms with Crippen LogP contribution in [0, 0.1) is 0 Å². The molecule has 0 bridgehead atoms. The fourth-order valence-corrected chi connectivity index (χ4v) is 2.81. The molecule has 4 nitrogen and oxygen atoms in total. The minimum Gasteiger partial charge on any atom is -0.444 e. The van der Waals surface area contributed by atoms with E-state index >= 15 is 0 Å². The van der Waals surface area contributed by atoms with E-state index in [9.17, 15) is 4.79 Å². The van der Waals surface area contributed by atoms with Crippen molar-refractivity contribution >= 4 is 29.0 Å². The molecule has 1 aromatic rings. The van der Waals surface area contributed by atoms with Gasteiger partial charge in [-0.1, -0.05) is 11.6 Å². The normalized spacial score (nSPS) is 16.3. The van der Waals surface area contributed by atoms with E-state index in [0.29, 0.717) is 19.1 Å². The van der Waals surface area contributed by atoms with Gasteiger partial charge in [0.1, 0.15) is 5.60 Å². The summed E-state index contributed by atoms with van der Waals surface area (Å²) in [5.74, 6) is 0.